The zero-order valence-corrected chi connectivity index (χ0v) is 10.4. The van der Waals surface area contributed by atoms with Gasteiger partial charge in [-0.1, -0.05) is 0 Å². The van der Waals surface area contributed by atoms with Gasteiger partial charge in [0.1, 0.15) is 6.20 Å². The summed E-state index contributed by atoms with van der Waals surface area (Å²) in [5.41, 5.74) is -0.677. The van der Waals surface area contributed by atoms with Crippen LogP contribution in [0.4, 0.5) is 17.2 Å². The normalized spacial score (nSPS) is 16.4. The lowest BCUT2D eigenvalue weighted by Crippen LogP contribution is -3.12. The van der Waals surface area contributed by atoms with Gasteiger partial charge in [-0.05, 0) is 0 Å². The van der Waals surface area contributed by atoms with Gasteiger partial charge in [0, 0.05) is 0 Å². The summed E-state index contributed by atoms with van der Waals surface area (Å²) in [7, 11) is 2.05. The summed E-state index contributed by atoms with van der Waals surface area (Å²) in [5.74, 6) is 0.211. The van der Waals surface area contributed by atoms with Crippen molar-refractivity contribution in [2.24, 2.45) is 0 Å². The molecule has 9 nitrogen and oxygen atoms in total. The first-order chi connectivity index (χ1) is 8.99. The Morgan fingerprint density at radius 2 is 1.89 bits per heavy atom. The monoisotopic (exact) mass is 268 g/mol. The molecule has 102 valence electrons. The minimum absolute atomic E-state index is 0.211. The van der Waals surface area contributed by atoms with E-state index >= 15 is 0 Å². The van der Waals surface area contributed by atoms with Crippen molar-refractivity contribution in [2.75, 3.05) is 38.1 Å². The van der Waals surface area contributed by atoms with Crippen LogP contribution in [0.1, 0.15) is 0 Å². The largest absolute Gasteiger partial charge is 0.340 e. The lowest BCUT2D eigenvalue weighted by Gasteiger charge is -2.30. The molecule has 2 rings (SSSR count). The zero-order valence-electron chi connectivity index (χ0n) is 10.4. The molecule has 1 fully saturated rings. The van der Waals surface area contributed by atoms with E-state index in [0.717, 1.165) is 25.4 Å². The van der Waals surface area contributed by atoms with Crippen LogP contribution in [0, 0.1) is 20.2 Å². The minimum atomic E-state index is -0.683. The van der Waals surface area contributed by atoms with Gasteiger partial charge in [0.05, 0.1) is 49.1 Å². The van der Waals surface area contributed by atoms with Crippen LogP contribution in [-0.2, 0) is 0 Å². The number of rotatable bonds is 3. The first-order valence-electron chi connectivity index (χ1n) is 5.84. The second kappa shape index (κ2) is 5.14. The Hall–Kier alpha value is -2.29. The van der Waals surface area contributed by atoms with Gasteiger partial charge in [0.2, 0.25) is 5.82 Å². The third-order valence-corrected chi connectivity index (χ3v) is 3.16. The topological polar surface area (TPSA) is 107 Å². The quantitative estimate of drug-likeness (QED) is 0.570. The predicted molar refractivity (Wildman–Crippen MR) is 66.4 cm³/mol. The molecule has 1 aromatic heterocycles. The average molecular weight is 268 g/mol. The maximum atomic E-state index is 11.0. The van der Waals surface area contributed by atoms with Gasteiger partial charge in [0.15, 0.2) is 0 Å². The summed E-state index contributed by atoms with van der Waals surface area (Å²) in [4.78, 5) is 27.4. The summed E-state index contributed by atoms with van der Waals surface area (Å²) >= 11 is 0. The van der Waals surface area contributed by atoms with Crippen molar-refractivity contribution in [3.63, 3.8) is 0 Å². The summed E-state index contributed by atoms with van der Waals surface area (Å²) < 4.78 is 0. The van der Waals surface area contributed by atoms with Crippen LogP contribution < -0.4 is 9.80 Å². The summed E-state index contributed by atoms with van der Waals surface area (Å²) in [6.07, 6.45) is 1.06. The third kappa shape index (κ3) is 2.76. The number of nitrogens with one attached hydrogen (secondary N) is 1. The van der Waals surface area contributed by atoms with Crippen molar-refractivity contribution in [1.29, 1.82) is 0 Å². The van der Waals surface area contributed by atoms with Crippen LogP contribution in [0.2, 0.25) is 0 Å². The van der Waals surface area contributed by atoms with Gasteiger partial charge in [-0.15, -0.1) is 0 Å². The maximum absolute atomic E-state index is 11.0. The van der Waals surface area contributed by atoms with Crippen molar-refractivity contribution in [3.05, 3.63) is 32.5 Å². The van der Waals surface area contributed by atoms with Crippen molar-refractivity contribution >= 4 is 17.2 Å². The fourth-order valence-corrected chi connectivity index (χ4v) is 2.01. The number of hydrogen-bond acceptors (Lipinski definition) is 6. The second-order valence-electron chi connectivity index (χ2n) is 4.49. The van der Waals surface area contributed by atoms with E-state index in [1.165, 1.54) is 4.90 Å². The Morgan fingerprint density at radius 3 is 2.42 bits per heavy atom. The molecule has 1 aliphatic rings. The van der Waals surface area contributed by atoms with E-state index in [4.69, 9.17) is 0 Å². The van der Waals surface area contributed by atoms with Gasteiger partial charge in [-0.2, -0.15) is 0 Å². The molecule has 2 heterocycles. The van der Waals surface area contributed by atoms with Crippen LogP contribution >= 0.6 is 0 Å². The highest BCUT2D eigenvalue weighted by Gasteiger charge is 2.27. The molecule has 0 unspecified atom stereocenters. The smallest absolute Gasteiger partial charge is 0.318 e. The molecule has 0 aliphatic carbocycles. The molecule has 0 saturated carbocycles. The lowest BCUT2D eigenvalue weighted by molar-refractivity contribution is -0.880. The van der Waals surface area contributed by atoms with Crippen LogP contribution in [0.25, 0.3) is 0 Å². The van der Waals surface area contributed by atoms with E-state index in [2.05, 4.69) is 12.0 Å². The highest BCUT2D eigenvalue weighted by Crippen LogP contribution is 2.29. The molecule has 1 saturated heterocycles. The molecule has 1 N–H and O–H groups in total. The Labute approximate surface area is 108 Å². The number of nitro groups is 2. The molecular formula is C10H14N5O4+. The first-order valence-corrected chi connectivity index (χ1v) is 5.84. The Morgan fingerprint density at radius 1 is 1.26 bits per heavy atom. The van der Waals surface area contributed by atoms with Crippen molar-refractivity contribution in [2.45, 2.75) is 0 Å². The van der Waals surface area contributed by atoms with Gasteiger partial charge >= 0.3 is 5.69 Å². The summed E-state index contributed by atoms with van der Waals surface area (Å²) in [6.45, 7) is 3.01. The number of anilines is 1. The molecule has 1 aliphatic heterocycles. The molecule has 0 bridgehead atoms. The van der Waals surface area contributed by atoms with Crippen LogP contribution in [0.5, 0.6) is 0 Å². The fraction of sp³-hybridized carbons (Fsp3) is 0.500. The number of piperazine rings is 1. The molecule has 0 spiro atoms. The molecule has 9 heteroatoms. The maximum Gasteiger partial charge on any atom is 0.318 e. The molecular weight excluding hydrogens is 254 g/mol. The Kier molecular flexibility index (Phi) is 3.56. The number of aromatic nitrogens is 1. The SMILES string of the molecule is C[NH+]1CCN(c2ncc([N+](=O)[O-])cc2[N+](=O)[O-])CC1. The predicted octanol–water partition coefficient (Wildman–Crippen LogP) is -0.767. The van der Waals surface area contributed by atoms with Crippen molar-refractivity contribution < 1.29 is 14.7 Å². The Balaban J connectivity index is 2.34. The summed E-state index contributed by atoms with van der Waals surface area (Å²) in [5, 5.41) is 21.6. The Bertz CT molecular complexity index is 513. The van der Waals surface area contributed by atoms with Crippen LogP contribution in [-0.4, -0.2) is 48.1 Å². The fourth-order valence-electron chi connectivity index (χ4n) is 2.01. The second-order valence-corrected chi connectivity index (χ2v) is 4.49. The van der Waals surface area contributed by atoms with E-state index in [-0.39, 0.29) is 17.2 Å². The standard InChI is InChI=1S/C10H13N5O4/c1-12-2-4-13(5-3-12)10-9(15(18)19)6-8(7-11-10)14(16)17/h6-7H,2-5H2,1H3/p+1. The molecule has 1 aromatic rings. The highest BCUT2D eigenvalue weighted by molar-refractivity contribution is 5.61. The minimum Gasteiger partial charge on any atom is -0.340 e. The zero-order chi connectivity index (χ0) is 14.0. The number of quaternary nitrogens is 1. The van der Waals surface area contributed by atoms with Crippen molar-refractivity contribution in [3.8, 4) is 0 Å². The van der Waals surface area contributed by atoms with E-state index in [1.54, 1.807) is 4.90 Å². The van der Waals surface area contributed by atoms with Gasteiger partial charge in [0.25, 0.3) is 5.69 Å². The van der Waals surface area contributed by atoms with Crippen LogP contribution in [0.3, 0.4) is 0 Å². The number of pyridine rings is 1. The molecule has 0 amide bonds. The summed E-state index contributed by atoms with van der Waals surface area (Å²) in [6, 6.07) is 0.966. The number of likely N-dealkylation sites (N-methyl/N-ethyl adjacent to an activating group) is 1. The van der Waals surface area contributed by atoms with Crippen molar-refractivity contribution in [1.82, 2.24) is 4.98 Å². The van der Waals surface area contributed by atoms with E-state index in [9.17, 15) is 20.2 Å². The lowest BCUT2D eigenvalue weighted by atomic mass is 10.3. The number of nitrogens with zero attached hydrogens (tertiary/aromatic N) is 4. The van der Waals surface area contributed by atoms with Gasteiger partial charge in [-0.25, -0.2) is 4.98 Å². The average Bonchev–Trinajstić information content (AvgIpc) is 2.38. The molecule has 0 radical (unpaired) electrons. The third-order valence-electron chi connectivity index (χ3n) is 3.16. The van der Waals surface area contributed by atoms with Gasteiger partial charge < -0.3 is 9.80 Å². The van der Waals surface area contributed by atoms with E-state index in [0.29, 0.717) is 13.1 Å². The number of hydrogen-bond donors (Lipinski definition) is 1. The van der Waals surface area contributed by atoms with Gasteiger partial charge in [-0.3, -0.25) is 20.2 Å². The van der Waals surface area contributed by atoms with E-state index < -0.39 is 9.85 Å². The molecule has 0 aromatic carbocycles. The van der Waals surface area contributed by atoms with Crippen LogP contribution in [0.15, 0.2) is 12.3 Å². The first kappa shape index (κ1) is 13.1. The molecule has 19 heavy (non-hydrogen) atoms. The molecule has 0 atom stereocenters. The highest BCUT2D eigenvalue weighted by atomic mass is 16.6. The van der Waals surface area contributed by atoms with E-state index in [1.807, 2.05) is 0 Å².